The number of carboxylic acids is 2. The highest BCUT2D eigenvalue weighted by Gasteiger charge is 2.20. The molecule has 0 bridgehead atoms. The number of hydrogen-bond acceptors (Lipinski definition) is 3. The molecule has 0 aromatic carbocycles. The summed E-state index contributed by atoms with van der Waals surface area (Å²) >= 11 is 0. The molecule has 1 unspecified atom stereocenters. The fraction of sp³-hybridized carbons (Fsp3) is 0.455. The zero-order chi connectivity index (χ0) is 12.7. The third kappa shape index (κ3) is 5.17. The number of aliphatic carboxylic acids is 2. The molecule has 1 rings (SSSR count). The van der Waals surface area contributed by atoms with Crippen molar-refractivity contribution in [1.29, 1.82) is 0 Å². The van der Waals surface area contributed by atoms with Crippen molar-refractivity contribution in [2.24, 2.45) is 5.92 Å². The fourth-order valence-corrected chi connectivity index (χ4v) is 1.48. The number of rotatable bonds is 8. The van der Waals surface area contributed by atoms with E-state index in [0.29, 0.717) is 6.54 Å². The molecule has 4 N–H and O–H groups in total. The molecule has 0 aliphatic carbocycles. The van der Waals surface area contributed by atoms with Crippen LogP contribution in [0.3, 0.4) is 0 Å². The predicted molar refractivity (Wildman–Crippen MR) is 60.7 cm³/mol. The summed E-state index contributed by atoms with van der Waals surface area (Å²) in [6.45, 7) is 0.784. The summed E-state index contributed by atoms with van der Waals surface area (Å²) in [5.41, 5.74) is 1.06. The van der Waals surface area contributed by atoms with Gasteiger partial charge in [-0.2, -0.15) is 0 Å². The fourth-order valence-electron chi connectivity index (χ4n) is 1.48. The molecule has 0 amide bonds. The van der Waals surface area contributed by atoms with Gasteiger partial charge in [-0.3, -0.25) is 9.59 Å². The van der Waals surface area contributed by atoms with Crippen molar-refractivity contribution in [1.82, 2.24) is 10.3 Å². The van der Waals surface area contributed by atoms with E-state index in [1.54, 1.807) is 0 Å². The van der Waals surface area contributed by atoms with Crippen LogP contribution in [0, 0.1) is 5.92 Å². The molecule has 1 heterocycles. The van der Waals surface area contributed by atoms with Crippen molar-refractivity contribution >= 4 is 11.9 Å². The normalized spacial score (nSPS) is 12.2. The average molecular weight is 240 g/mol. The first kappa shape index (κ1) is 13.2. The van der Waals surface area contributed by atoms with Crippen LogP contribution < -0.4 is 5.32 Å². The third-order valence-corrected chi connectivity index (χ3v) is 2.39. The maximum atomic E-state index is 10.7. The van der Waals surface area contributed by atoms with Crippen LogP contribution in [-0.4, -0.2) is 40.2 Å². The Morgan fingerprint density at radius 3 is 2.71 bits per heavy atom. The summed E-state index contributed by atoms with van der Waals surface area (Å²) < 4.78 is 0. The minimum Gasteiger partial charge on any atom is -0.481 e. The van der Waals surface area contributed by atoms with Crippen LogP contribution in [0.25, 0.3) is 0 Å². The molecule has 94 valence electrons. The van der Waals surface area contributed by atoms with E-state index in [4.69, 9.17) is 10.2 Å². The Balaban J connectivity index is 2.23. The molecular formula is C11H16N2O4. The molecule has 1 atom stereocenters. The minimum atomic E-state index is -1.09. The maximum absolute atomic E-state index is 10.7. The first-order chi connectivity index (χ1) is 8.09. The molecule has 0 radical (unpaired) electrons. The van der Waals surface area contributed by atoms with Gasteiger partial charge in [0, 0.05) is 25.0 Å². The predicted octanol–water partition coefficient (Wildman–Crippen LogP) is 0.322. The number of carbonyl (C=O) groups is 2. The van der Waals surface area contributed by atoms with Crippen LogP contribution in [0.2, 0.25) is 0 Å². The molecule has 17 heavy (non-hydrogen) atoms. The number of hydrogen-bond donors (Lipinski definition) is 4. The van der Waals surface area contributed by atoms with E-state index in [1.807, 2.05) is 18.3 Å². The summed E-state index contributed by atoms with van der Waals surface area (Å²) in [5.74, 6) is -3.06. The van der Waals surface area contributed by atoms with Crippen molar-refractivity contribution < 1.29 is 19.8 Å². The van der Waals surface area contributed by atoms with Crippen molar-refractivity contribution in [3.05, 3.63) is 24.0 Å². The molecule has 1 aromatic heterocycles. The smallest absolute Gasteiger partial charge is 0.308 e. The first-order valence-electron chi connectivity index (χ1n) is 5.37. The first-order valence-corrected chi connectivity index (χ1v) is 5.37. The van der Waals surface area contributed by atoms with Gasteiger partial charge < -0.3 is 20.5 Å². The molecule has 0 fully saturated rings. The molecular weight excluding hydrogens is 224 g/mol. The molecule has 0 spiro atoms. The lowest BCUT2D eigenvalue weighted by molar-refractivity contribution is -0.148. The van der Waals surface area contributed by atoms with E-state index in [1.165, 1.54) is 0 Å². The Morgan fingerprint density at radius 2 is 2.18 bits per heavy atom. The number of aromatic amines is 1. The van der Waals surface area contributed by atoms with Crippen LogP contribution in [0.5, 0.6) is 0 Å². The van der Waals surface area contributed by atoms with Gasteiger partial charge in [0.1, 0.15) is 0 Å². The van der Waals surface area contributed by atoms with Crippen LogP contribution in [0.1, 0.15) is 12.1 Å². The third-order valence-electron chi connectivity index (χ3n) is 2.39. The Labute approximate surface area is 98.7 Å². The van der Waals surface area contributed by atoms with E-state index in [0.717, 1.165) is 12.1 Å². The van der Waals surface area contributed by atoms with Crippen molar-refractivity contribution in [2.75, 3.05) is 13.1 Å². The summed E-state index contributed by atoms with van der Waals surface area (Å²) in [5, 5.41) is 20.3. The summed E-state index contributed by atoms with van der Waals surface area (Å²) in [4.78, 5) is 24.2. The van der Waals surface area contributed by atoms with Gasteiger partial charge in [-0.25, -0.2) is 0 Å². The largest absolute Gasteiger partial charge is 0.481 e. The monoisotopic (exact) mass is 240 g/mol. The zero-order valence-corrected chi connectivity index (χ0v) is 9.35. The van der Waals surface area contributed by atoms with Crippen LogP contribution in [0.15, 0.2) is 18.3 Å². The molecule has 0 aliphatic heterocycles. The summed E-state index contributed by atoms with van der Waals surface area (Å²) in [7, 11) is 0. The number of carboxylic acid groups (broad SMARTS) is 2. The summed E-state index contributed by atoms with van der Waals surface area (Å²) in [6, 6.07) is 3.83. The lowest BCUT2D eigenvalue weighted by atomic mass is 10.1. The molecule has 1 aromatic rings. The van der Waals surface area contributed by atoms with E-state index in [-0.39, 0.29) is 13.0 Å². The second-order valence-electron chi connectivity index (χ2n) is 3.78. The minimum absolute atomic E-state index is 0.169. The summed E-state index contributed by atoms with van der Waals surface area (Å²) in [6.07, 6.45) is 2.22. The van der Waals surface area contributed by atoms with Gasteiger partial charge in [-0.05, 0) is 18.6 Å². The SMILES string of the molecule is O=C(O)CC(CNCCc1ccc[nH]1)C(=O)O. The van der Waals surface area contributed by atoms with Gasteiger partial charge in [-0.1, -0.05) is 0 Å². The average Bonchev–Trinajstić information content (AvgIpc) is 2.74. The standard InChI is InChI=1S/C11H16N2O4/c14-10(15)6-8(11(16)17)7-12-5-3-9-2-1-4-13-9/h1-2,4,8,12-13H,3,5-7H2,(H,14,15)(H,16,17). The topological polar surface area (TPSA) is 102 Å². The molecule has 6 heteroatoms. The Hall–Kier alpha value is -1.82. The Kier molecular flexibility index (Phi) is 5.22. The van der Waals surface area contributed by atoms with E-state index in [2.05, 4.69) is 10.3 Å². The molecule has 0 aliphatic rings. The highest BCUT2D eigenvalue weighted by atomic mass is 16.4. The Bertz CT molecular complexity index is 362. The zero-order valence-electron chi connectivity index (χ0n) is 9.35. The molecule has 6 nitrogen and oxygen atoms in total. The van der Waals surface area contributed by atoms with E-state index in [9.17, 15) is 9.59 Å². The van der Waals surface area contributed by atoms with Gasteiger partial charge in [0.15, 0.2) is 0 Å². The number of aromatic nitrogens is 1. The van der Waals surface area contributed by atoms with Crippen molar-refractivity contribution in [2.45, 2.75) is 12.8 Å². The second kappa shape index (κ2) is 6.70. The highest BCUT2D eigenvalue weighted by molar-refractivity contribution is 5.77. The maximum Gasteiger partial charge on any atom is 0.308 e. The van der Waals surface area contributed by atoms with Gasteiger partial charge in [-0.15, -0.1) is 0 Å². The second-order valence-corrected chi connectivity index (χ2v) is 3.78. The van der Waals surface area contributed by atoms with Gasteiger partial charge in [0.25, 0.3) is 0 Å². The molecule has 0 saturated carbocycles. The van der Waals surface area contributed by atoms with Crippen LogP contribution >= 0.6 is 0 Å². The number of nitrogens with one attached hydrogen (secondary N) is 2. The van der Waals surface area contributed by atoms with Crippen LogP contribution in [0.4, 0.5) is 0 Å². The Morgan fingerprint density at radius 1 is 1.41 bits per heavy atom. The van der Waals surface area contributed by atoms with Crippen LogP contribution in [-0.2, 0) is 16.0 Å². The van der Waals surface area contributed by atoms with Gasteiger partial charge in [0.05, 0.1) is 12.3 Å². The van der Waals surface area contributed by atoms with Gasteiger partial charge in [0.2, 0.25) is 0 Å². The van der Waals surface area contributed by atoms with E-state index >= 15 is 0 Å². The lowest BCUT2D eigenvalue weighted by Gasteiger charge is -2.10. The van der Waals surface area contributed by atoms with Gasteiger partial charge >= 0.3 is 11.9 Å². The molecule has 0 saturated heterocycles. The van der Waals surface area contributed by atoms with Crippen molar-refractivity contribution in [3.8, 4) is 0 Å². The van der Waals surface area contributed by atoms with Crippen molar-refractivity contribution in [3.63, 3.8) is 0 Å². The number of H-pyrrole nitrogens is 1. The highest BCUT2D eigenvalue weighted by Crippen LogP contribution is 2.02. The quantitative estimate of drug-likeness (QED) is 0.490. The van der Waals surface area contributed by atoms with E-state index < -0.39 is 17.9 Å². The lowest BCUT2D eigenvalue weighted by Crippen LogP contribution is -2.31.